The minimum atomic E-state index is -0.970. The Bertz CT molecular complexity index is 856. The van der Waals surface area contributed by atoms with E-state index in [9.17, 15) is 5.11 Å². The van der Waals surface area contributed by atoms with Crippen molar-refractivity contribution in [2.45, 2.75) is 9.78 Å². The average molecular weight is 379 g/mol. The molecular formula is C14H13N5O2S3. The van der Waals surface area contributed by atoms with Gasteiger partial charge in [0.15, 0.2) is 9.78 Å². The molecule has 3 aromatic rings. The SMILES string of the molecule is CON=C(c1csc(N=CN)n1)C(O)Sc1nc2ccccc2s1. The third-order valence-electron chi connectivity index (χ3n) is 2.85. The van der Waals surface area contributed by atoms with Crippen LogP contribution in [0, 0.1) is 0 Å². The Balaban J connectivity index is 1.83. The maximum absolute atomic E-state index is 10.5. The molecule has 7 nitrogen and oxygen atoms in total. The number of thioether (sulfide) groups is 1. The molecule has 0 radical (unpaired) electrons. The lowest BCUT2D eigenvalue weighted by Gasteiger charge is -2.09. The minimum absolute atomic E-state index is 0.302. The summed E-state index contributed by atoms with van der Waals surface area (Å²) in [6.45, 7) is 0. The van der Waals surface area contributed by atoms with Crippen LogP contribution in [0.2, 0.25) is 0 Å². The van der Waals surface area contributed by atoms with Crippen molar-refractivity contribution in [1.29, 1.82) is 0 Å². The Kier molecular flexibility index (Phi) is 5.41. The van der Waals surface area contributed by atoms with Crippen LogP contribution in [-0.4, -0.2) is 39.7 Å². The van der Waals surface area contributed by atoms with Crippen LogP contribution >= 0.6 is 34.4 Å². The van der Waals surface area contributed by atoms with E-state index in [2.05, 4.69) is 20.1 Å². The molecule has 124 valence electrons. The van der Waals surface area contributed by atoms with Crippen molar-refractivity contribution in [3.05, 3.63) is 35.3 Å². The van der Waals surface area contributed by atoms with E-state index in [0.717, 1.165) is 14.6 Å². The Morgan fingerprint density at radius 3 is 3.00 bits per heavy atom. The van der Waals surface area contributed by atoms with E-state index in [1.54, 1.807) is 5.38 Å². The van der Waals surface area contributed by atoms with E-state index >= 15 is 0 Å². The molecule has 0 saturated heterocycles. The first-order valence-electron chi connectivity index (χ1n) is 6.72. The van der Waals surface area contributed by atoms with Crippen molar-refractivity contribution < 1.29 is 9.94 Å². The number of hydrogen-bond donors (Lipinski definition) is 2. The molecule has 0 saturated carbocycles. The number of benzene rings is 1. The molecule has 3 N–H and O–H groups in total. The highest BCUT2D eigenvalue weighted by molar-refractivity contribution is 8.02. The van der Waals surface area contributed by atoms with Crippen LogP contribution < -0.4 is 5.73 Å². The predicted molar refractivity (Wildman–Crippen MR) is 99.5 cm³/mol. The summed E-state index contributed by atoms with van der Waals surface area (Å²) < 4.78 is 1.80. The highest BCUT2D eigenvalue weighted by atomic mass is 32.2. The van der Waals surface area contributed by atoms with Gasteiger partial charge in [0.05, 0.1) is 16.6 Å². The average Bonchev–Trinajstić information content (AvgIpc) is 3.19. The first-order valence-corrected chi connectivity index (χ1v) is 9.30. The van der Waals surface area contributed by atoms with E-state index in [1.165, 1.54) is 47.9 Å². The van der Waals surface area contributed by atoms with Gasteiger partial charge in [0, 0.05) is 5.38 Å². The zero-order valence-electron chi connectivity index (χ0n) is 12.5. The van der Waals surface area contributed by atoms with Gasteiger partial charge in [0.2, 0.25) is 5.13 Å². The molecule has 2 aromatic heterocycles. The van der Waals surface area contributed by atoms with Gasteiger partial charge in [-0.1, -0.05) is 29.1 Å². The largest absolute Gasteiger partial charge is 0.399 e. The van der Waals surface area contributed by atoms with Crippen molar-refractivity contribution in [2.24, 2.45) is 15.9 Å². The van der Waals surface area contributed by atoms with Crippen LogP contribution in [-0.2, 0) is 4.84 Å². The van der Waals surface area contributed by atoms with Gasteiger partial charge in [0.25, 0.3) is 0 Å². The zero-order valence-corrected chi connectivity index (χ0v) is 14.9. The van der Waals surface area contributed by atoms with Crippen molar-refractivity contribution in [1.82, 2.24) is 9.97 Å². The third-order valence-corrected chi connectivity index (χ3v) is 5.71. The number of aliphatic imine (C=N–C) groups is 1. The van der Waals surface area contributed by atoms with Crippen LogP contribution in [0.25, 0.3) is 10.2 Å². The van der Waals surface area contributed by atoms with Gasteiger partial charge in [-0.25, -0.2) is 15.0 Å². The molecule has 0 aliphatic heterocycles. The standard InChI is InChI=1S/C14H13N5O2S3/c1-21-19-11(9-6-22-13(17-9)16-7-15)12(20)24-14-18-8-4-2-3-5-10(8)23-14/h2-7,12,20H,1H3,(H2,15,16,17). The molecule has 24 heavy (non-hydrogen) atoms. The third kappa shape index (κ3) is 3.73. The van der Waals surface area contributed by atoms with Crippen molar-refractivity contribution in [3.8, 4) is 0 Å². The number of para-hydroxylation sites is 1. The highest BCUT2D eigenvalue weighted by Crippen LogP contribution is 2.33. The molecule has 0 aliphatic rings. The number of aliphatic hydroxyl groups excluding tert-OH is 1. The molecular weight excluding hydrogens is 366 g/mol. The Morgan fingerprint density at radius 2 is 2.25 bits per heavy atom. The lowest BCUT2D eigenvalue weighted by molar-refractivity contribution is 0.207. The fourth-order valence-corrected chi connectivity index (χ4v) is 4.59. The van der Waals surface area contributed by atoms with Gasteiger partial charge in [-0.2, -0.15) is 0 Å². The number of oxime groups is 1. The molecule has 0 spiro atoms. The van der Waals surface area contributed by atoms with Gasteiger partial charge >= 0.3 is 0 Å². The predicted octanol–water partition coefficient (Wildman–Crippen LogP) is 2.83. The number of nitrogens with two attached hydrogens (primary N) is 1. The second kappa shape index (κ2) is 7.71. The summed E-state index contributed by atoms with van der Waals surface area (Å²) in [5.74, 6) is 0. The van der Waals surface area contributed by atoms with Gasteiger partial charge in [0.1, 0.15) is 18.5 Å². The molecule has 0 aliphatic carbocycles. The monoisotopic (exact) mass is 379 g/mol. The summed E-state index contributed by atoms with van der Waals surface area (Å²) in [6, 6.07) is 7.81. The first kappa shape index (κ1) is 16.8. The molecule has 1 atom stereocenters. The Hall–Kier alpha value is -2.01. The maximum atomic E-state index is 10.5. The summed E-state index contributed by atoms with van der Waals surface area (Å²) in [6.07, 6.45) is 1.17. The van der Waals surface area contributed by atoms with Crippen molar-refractivity contribution in [3.63, 3.8) is 0 Å². The normalized spacial score (nSPS) is 13.7. The molecule has 1 unspecified atom stereocenters. The molecule has 2 heterocycles. The molecule has 0 amide bonds. The molecule has 0 bridgehead atoms. The number of aromatic nitrogens is 2. The Labute approximate surface area is 149 Å². The summed E-state index contributed by atoms with van der Waals surface area (Å²) >= 11 is 3.99. The number of aliphatic hydroxyl groups is 1. The van der Waals surface area contributed by atoms with Crippen LogP contribution in [0.4, 0.5) is 5.13 Å². The molecule has 1 aromatic carbocycles. The van der Waals surface area contributed by atoms with E-state index in [0.29, 0.717) is 16.5 Å². The number of nitrogens with zero attached hydrogens (tertiary/aromatic N) is 4. The molecule has 0 fully saturated rings. The van der Waals surface area contributed by atoms with Gasteiger partial charge in [-0.3, -0.25) is 0 Å². The van der Waals surface area contributed by atoms with Crippen LogP contribution in [0.5, 0.6) is 0 Å². The second-order valence-corrected chi connectivity index (χ2v) is 7.56. The quantitative estimate of drug-likeness (QED) is 0.224. The van der Waals surface area contributed by atoms with E-state index < -0.39 is 5.44 Å². The molecule has 3 rings (SSSR count). The minimum Gasteiger partial charge on any atom is -0.399 e. The number of hydrogen-bond acceptors (Lipinski definition) is 9. The van der Waals surface area contributed by atoms with Gasteiger partial charge < -0.3 is 15.7 Å². The fourth-order valence-electron chi connectivity index (χ4n) is 1.87. The summed E-state index contributed by atoms with van der Waals surface area (Å²) in [5, 5.41) is 16.7. The summed E-state index contributed by atoms with van der Waals surface area (Å²) in [4.78, 5) is 17.5. The second-order valence-electron chi connectivity index (χ2n) is 4.37. The maximum Gasteiger partial charge on any atom is 0.211 e. The number of rotatable bonds is 6. The first-order chi connectivity index (χ1) is 11.7. The van der Waals surface area contributed by atoms with E-state index in [4.69, 9.17) is 10.6 Å². The van der Waals surface area contributed by atoms with E-state index in [1.807, 2.05) is 24.3 Å². The lowest BCUT2D eigenvalue weighted by Crippen LogP contribution is -2.18. The topological polar surface area (TPSA) is 106 Å². The van der Waals surface area contributed by atoms with Crippen LogP contribution in [0.15, 0.2) is 44.1 Å². The van der Waals surface area contributed by atoms with Crippen molar-refractivity contribution in [2.75, 3.05) is 7.11 Å². The van der Waals surface area contributed by atoms with Crippen LogP contribution in [0.1, 0.15) is 5.69 Å². The Morgan fingerprint density at radius 1 is 1.42 bits per heavy atom. The number of fused-ring (bicyclic) bond motifs is 1. The van der Waals surface area contributed by atoms with Gasteiger partial charge in [-0.15, -0.1) is 22.7 Å². The smallest absolute Gasteiger partial charge is 0.211 e. The van der Waals surface area contributed by atoms with E-state index in [-0.39, 0.29) is 0 Å². The van der Waals surface area contributed by atoms with Gasteiger partial charge in [-0.05, 0) is 12.1 Å². The van der Waals surface area contributed by atoms with Crippen LogP contribution in [0.3, 0.4) is 0 Å². The fraction of sp³-hybridized carbons (Fsp3) is 0.143. The highest BCUT2D eigenvalue weighted by Gasteiger charge is 2.22. The summed E-state index contributed by atoms with van der Waals surface area (Å²) in [5.41, 5.74) is 5.98. The summed E-state index contributed by atoms with van der Waals surface area (Å²) in [7, 11) is 1.42. The number of thiazole rings is 2. The lowest BCUT2D eigenvalue weighted by atomic mass is 10.3. The van der Waals surface area contributed by atoms with Crippen molar-refractivity contribution >= 4 is 61.8 Å². The zero-order chi connectivity index (χ0) is 16.9. The molecule has 10 heteroatoms.